The van der Waals surface area contributed by atoms with Crippen LogP contribution in [0.1, 0.15) is 22.5 Å². The lowest BCUT2D eigenvalue weighted by molar-refractivity contribution is -0.121. The molecular formula is C11H17N3O2S. The monoisotopic (exact) mass is 255 g/mol. The molecule has 0 unspecified atom stereocenters. The van der Waals surface area contributed by atoms with E-state index in [-0.39, 0.29) is 11.8 Å². The van der Waals surface area contributed by atoms with E-state index in [4.69, 9.17) is 0 Å². The van der Waals surface area contributed by atoms with Crippen LogP contribution in [-0.2, 0) is 16.0 Å². The number of hydrogen-bond donors (Lipinski definition) is 2. The third-order valence-electron chi connectivity index (χ3n) is 2.14. The summed E-state index contributed by atoms with van der Waals surface area (Å²) < 4.78 is 0. The molecule has 1 aromatic rings. The van der Waals surface area contributed by atoms with Crippen LogP contribution in [0.25, 0.3) is 0 Å². The Balaban J connectivity index is 2.30. The van der Waals surface area contributed by atoms with Gasteiger partial charge in [-0.25, -0.2) is 4.98 Å². The second kappa shape index (κ2) is 6.34. The third-order valence-corrected chi connectivity index (χ3v) is 3.21. The molecule has 0 radical (unpaired) electrons. The van der Waals surface area contributed by atoms with E-state index in [0.29, 0.717) is 19.5 Å². The molecule has 2 N–H and O–H groups in total. The lowest BCUT2D eigenvalue weighted by Gasteiger charge is -2.04. The van der Waals surface area contributed by atoms with Crippen molar-refractivity contribution in [1.82, 2.24) is 15.6 Å². The molecule has 0 aliphatic rings. The summed E-state index contributed by atoms with van der Waals surface area (Å²) in [5, 5.41) is 6.34. The van der Waals surface area contributed by atoms with Crippen LogP contribution in [0.4, 0.5) is 0 Å². The Morgan fingerprint density at radius 2 is 1.88 bits per heavy atom. The fourth-order valence-electron chi connectivity index (χ4n) is 1.39. The van der Waals surface area contributed by atoms with Gasteiger partial charge in [0, 0.05) is 24.9 Å². The maximum Gasteiger partial charge on any atom is 0.225 e. The van der Waals surface area contributed by atoms with Crippen molar-refractivity contribution in [1.29, 1.82) is 0 Å². The summed E-state index contributed by atoms with van der Waals surface area (Å²) in [7, 11) is 0. The first-order chi connectivity index (χ1) is 7.99. The zero-order valence-corrected chi connectivity index (χ0v) is 11.1. The van der Waals surface area contributed by atoms with Crippen molar-refractivity contribution in [2.45, 2.75) is 27.2 Å². The van der Waals surface area contributed by atoms with Crippen LogP contribution in [0.3, 0.4) is 0 Å². The summed E-state index contributed by atoms with van der Waals surface area (Å²) in [5.41, 5.74) is 0.921. The van der Waals surface area contributed by atoms with Gasteiger partial charge in [-0.05, 0) is 13.8 Å². The van der Waals surface area contributed by atoms with E-state index in [1.165, 1.54) is 6.92 Å². The lowest BCUT2D eigenvalue weighted by Crippen LogP contribution is -2.34. The molecule has 6 heteroatoms. The van der Waals surface area contributed by atoms with Crippen LogP contribution >= 0.6 is 11.3 Å². The molecule has 94 valence electrons. The average Bonchev–Trinajstić information content (AvgIpc) is 2.52. The zero-order valence-electron chi connectivity index (χ0n) is 10.3. The number of amides is 2. The van der Waals surface area contributed by atoms with Crippen LogP contribution in [-0.4, -0.2) is 29.9 Å². The standard InChI is InChI=1S/C11H17N3O2S/c1-7-10(17-9(3)14-7)6-11(16)13-5-4-12-8(2)15/h4-6H2,1-3H3,(H,12,15)(H,13,16). The van der Waals surface area contributed by atoms with Crippen molar-refractivity contribution in [3.63, 3.8) is 0 Å². The second-order valence-electron chi connectivity index (χ2n) is 3.75. The van der Waals surface area contributed by atoms with Crippen molar-refractivity contribution in [2.75, 3.05) is 13.1 Å². The Hall–Kier alpha value is -1.43. The molecule has 5 nitrogen and oxygen atoms in total. The Morgan fingerprint density at radius 3 is 2.41 bits per heavy atom. The van der Waals surface area contributed by atoms with E-state index >= 15 is 0 Å². The van der Waals surface area contributed by atoms with Gasteiger partial charge in [0.05, 0.1) is 17.1 Å². The summed E-state index contributed by atoms with van der Waals surface area (Å²) in [6.07, 6.45) is 0.359. The van der Waals surface area contributed by atoms with Crippen LogP contribution in [0.15, 0.2) is 0 Å². The predicted molar refractivity (Wildman–Crippen MR) is 67.0 cm³/mol. The van der Waals surface area contributed by atoms with E-state index in [1.54, 1.807) is 11.3 Å². The van der Waals surface area contributed by atoms with Crippen LogP contribution in [0.5, 0.6) is 0 Å². The van der Waals surface area contributed by atoms with Crippen molar-refractivity contribution in [3.8, 4) is 0 Å². The predicted octanol–water partition coefficient (Wildman–Crippen LogP) is 0.555. The first-order valence-electron chi connectivity index (χ1n) is 5.43. The molecule has 0 aliphatic carbocycles. The Bertz CT molecular complexity index is 415. The molecule has 0 saturated heterocycles. The molecule has 0 fully saturated rings. The van der Waals surface area contributed by atoms with Gasteiger partial charge in [-0.1, -0.05) is 0 Å². The van der Waals surface area contributed by atoms with Crippen LogP contribution in [0.2, 0.25) is 0 Å². The highest BCUT2D eigenvalue weighted by Gasteiger charge is 2.09. The van der Waals surface area contributed by atoms with E-state index < -0.39 is 0 Å². The number of hydrogen-bond acceptors (Lipinski definition) is 4. The molecule has 0 spiro atoms. The maximum atomic E-state index is 11.6. The van der Waals surface area contributed by atoms with Gasteiger partial charge in [0.25, 0.3) is 0 Å². The van der Waals surface area contributed by atoms with E-state index in [9.17, 15) is 9.59 Å². The fraction of sp³-hybridized carbons (Fsp3) is 0.545. The number of thiazole rings is 1. The number of aryl methyl sites for hydroxylation is 2. The number of carbonyl (C=O) groups excluding carboxylic acids is 2. The van der Waals surface area contributed by atoms with Crippen molar-refractivity contribution in [2.24, 2.45) is 0 Å². The summed E-state index contributed by atoms with van der Waals surface area (Å²) >= 11 is 1.55. The van der Waals surface area contributed by atoms with E-state index in [2.05, 4.69) is 15.6 Å². The highest BCUT2D eigenvalue weighted by molar-refractivity contribution is 7.11. The molecule has 17 heavy (non-hydrogen) atoms. The number of rotatable bonds is 5. The highest BCUT2D eigenvalue weighted by Crippen LogP contribution is 2.17. The van der Waals surface area contributed by atoms with Gasteiger partial charge in [-0.15, -0.1) is 11.3 Å². The maximum absolute atomic E-state index is 11.6. The Labute approximate surface area is 105 Å². The molecule has 0 aliphatic heterocycles. The molecule has 1 rings (SSSR count). The van der Waals surface area contributed by atoms with Gasteiger partial charge < -0.3 is 10.6 Å². The molecule has 1 heterocycles. The van der Waals surface area contributed by atoms with Crippen molar-refractivity contribution < 1.29 is 9.59 Å². The molecule has 0 aromatic carbocycles. The van der Waals surface area contributed by atoms with E-state index in [0.717, 1.165) is 15.6 Å². The minimum Gasteiger partial charge on any atom is -0.355 e. The normalized spacial score (nSPS) is 10.1. The fourth-order valence-corrected chi connectivity index (χ4v) is 2.32. The lowest BCUT2D eigenvalue weighted by atomic mass is 10.3. The largest absolute Gasteiger partial charge is 0.355 e. The van der Waals surface area contributed by atoms with Crippen molar-refractivity contribution in [3.05, 3.63) is 15.6 Å². The van der Waals surface area contributed by atoms with Gasteiger partial charge in [0.2, 0.25) is 11.8 Å². The second-order valence-corrected chi connectivity index (χ2v) is 5.04. The number of nitrogens with zero attached hydrogens (tertiary/aromatic N) is 1. The molecular weight excluding hydrogens is 238 g/mol. The van der Waals surface area contributed by atoms with Crippen LogP contribution < -0.4 is 10.6 Å². The summed E-state index contributed by atoms with van der Waals surface area (Å²) in [6, 6.07) is 0. The van der Waals surface area contributed by atoms with Gasteiger partial charge in [-0.2, -0.15) is 0 Å². The Kier molecular flexibility index (Phi) is 5.09. The SMILES string of the molecule is CC(=O)NCCNC(=O)Cc1sc(C)nc1C. The Morgan fingerprint density at radius 1 is 1.24 bits per heavy atom. The van der Waals surface area contributed by atoms with Crippen molar-refractivity contribution >= 4 is 23.2 Å². The van der Waals surface area contributed by atoms with Gasteiger partial charge >= 0.3 is 0 Å². The van der Waals surface area contributed by atoms with Gasteiger partial charge in [-0.3, -0.25) is 9.59 Å². The summed E-state index contributed by atoms with van der Waals surface area (Å²) in [5.74, 6) is -0.129. The number of carbonyl (C=O) groups is 2. The first-order valence-corrected chi connectivity index (χ1v) is 6.24. The van der Waals surface area contributed by atoms with Gasteiger partial charge in [0.15, 0.2) is 0 Å². The molecule has 1 aromatic heterocycles. The minimum absolute atomic E-state index is 0.0397. The summed E-state index contributed by atoms with van der Waals surface area (Å²) in [4.78, 5) is 27.4. The van der Waals surface area contributed by atoms with E-state index in [1.807, 2.05) is 13.8 Å². The third kappa shape index (κ3) is 4.95. The topological polar surface area (TPSA) is 71.1 Å². The first kappa shape index (κ1) is 13.6. The molecule has 0 saturated carbocycles. The smallest absolute Gasteiger partial charge is 0.225 e. The van der Waals surface area contributed by atoms with Gasteiger partial charge in [0.1, 0.15) is 0 Å². The van der Waals surface area contributed by atoms with Crippen LogP contribution in [0, 0.1) is 13.8 Å². The molecule has 0 atom stereocenters. The molecule has 0 bridgehead atoms. The molecule has 2 amide bonds. The average molecular weight is 255 g/mol. The number of aromatic nitrogens is 1. The highest BCUT2D eigenvalue weighted by atomic mass is 32.1. The number of nitrogens with one attached hydrogen (secondary N) is 2. The quantitative estimate of drug-likeness (QED) is 0.755. The minimum atomic E-state index is -0.0897. The summed E-state index contributed by atoms with van der Waals surface area (Å²) in [6.45, 7) is 6.20. The zero-order chi connectivity index (χ0) is 12.8.